The molecule has 1 heterocycles. The number of H-pyrrole nitrogens is 1. The Hall–Kier alpha value is -1.91. The minimum Gasteiger partial charge on any atom is -0.469 e. The highest BCUT2D eigenvalue weighted by molar-refractivity contribution is 5.83. The van der Waals surface area contributed by atoms with Crippen molar-refractivity contribution in [1.82, 2.24) is 4.98 Å². The molecule has 1 aromatic rings. The summed E-state index contributed by atoms with van der Waals surface area (Å²) in [6.07, 6.45) is 1.88. The smallest absolute Gasteiger partial charge is 0.305 e. The van der Waals surface area contributed by atoms with Gasteiger partial charge in [0.2, 0.25) is 0 Å². The first kappa shape index (κ1) is 12.2. The summed E-state index contributed by atoms with van der Waals surface area (Å²) in [6, 6.07) is 0. The number of carbonyl (C=O) groups is 3. The maximum absolute atomic E-state index is 11.0. The van der Waals surface area contributed by atoms with Crippen LogP contribution in [0.5, 0.6) is 0 Å². The third kappa shape index (κ3) is 2.36. The second-order valence-corrected chi connectivity index (χ2v) is 3.37. The molecule has 0 aliphatic carbocycles. The maximum Gasteiger partial charge on any atom is 0.305 e. The highest BCUT2D eigenvalue weighted by Crippen LogP contribution is 2.17. The van der Waals surface area contributed by atoms with Crippen LogP contribution in [0.15, 0.2) is 0 Å². The Bertz CT molecular complexity index is 420. The molecule has 16 heavy (non-hydrogen) atoms. The molecule has 0 amide bonds. The zero-order valence-electron chi connectivity index (χ0n) is 9.20. The van der Waals surface area contributed by atoms with Crippen molar-refractivity contribution in [3.63, 3.8) is 0 Å². The fraction of sp³-hybridized carbons (Fsp3) is 0.364. The second kappa shape index (κ2) is 5.25. The summed E-state index contributed by atoms with van der Waals surface area (Å²) >= 11 is 0. The number of hydrogen-bond donors (Lipinski definition) is 1. The fourth-order valence-corrected chi connectivity index (χ4v) is 1.55. The molecule has 0 bridgehead atoms. The summed E-state index contributed by atoms with van der Waals surface area (Å²) < 4.78 is 4.51. The van der Waals surface area contributed by atoms with Gasteiger partial charge in [-0.25, -0.2) is 0 Å². The van der Waals surface area contributed by atoms with E-state index in [1.807, 2.05) is 0 Å². The van der Waals surface area contributed by atoms with Gasteiger partial charge in [-0.3, -0.25) is 14.4 Å². The molecule has 1 N–H and O–H groups in total. The minimum atomic E-state index is -0.342. The first-order chi connectivity index (χ1) is 7.63. The molecule has 5 nitrogen and oxygen atoms in total. The molecule has 0 spiro atoms. The van der Waals surface area contributed by atoms with Gasteiger partial charge >= 0.3 is 5.97 Å². The van der Waals surface area contributed by atoms with E-state index in [-0.39, 0.29) is 12.4 Å². The van der Waals surface area contributed by atoms with Crippen molar-refractivity contribution in [2.75, 3.05) is 7.11 Å². The Labute approximate surface area is 92.8 Å². The van der Waals surface area contributed by atoms with Crippen LogP contribution in [0, 0.1) is 6.92 Å². The van der Waals surface area contributed by atoms with Crippen LogP contribution < -0.4 is 0 Å². The minimum absolute atomic E-state index is 0.189. The van der Waals surface area contributed by atoms with E-state index in [2.05, 4.69) is 9.72 Å². The Morgan fingerprint density at radius 2 is 1.94 bits per heavy atom. The Morgan fingerprint density at radius 1 is 1.31 bits per heavy atom. The van der Waals surface area contributed by atoms with Crippen molar-refractivity contribution in [3.05, 3.63) is 22.5 Å². The van der Waals surface area contributed by atoms with E-state index in [9.17, 15) is 14.4 Å². The van der Waals surface area contributed by atoms with E-state index in [0.717, 1.165) is 0 Å². The standard InChI is InChI=1S/C11H13NO4/c1-7-8(3-4-11(15)16-2)10(6-14)12-9(7)5-13/h5-6,12H,3-4H2,1-2H3. The highest BCUT2D eigenvalue weighted by Gasteiger charge is 2.14. The molecule has 0 aliphatic rings. The summed E-state index contributed by atoms with van der Waals surface area (Å²) in [5, 5.41) is 0. The van der Waals surface area contributed by atoms with E-state index >= 15 is 0 Å². The molecule has 0 saturated carbocycles. The topological polar surface area (TPSA) is 76.2 Å². The van der Waals surface area contributed by atoms with Crippen LogP contribution in [-0.4, -0.2) is 30.6 Å². The van der Waals surface area contributed by atoms with E-state index in [1.54, 1.807) is 6.92 Å². The maximum atomic E-state index is 11.0. The first-order valence-electron chi connectivity index (χ1n) is 4.82. The van der Waals surface area contributed by atoms with Gasteiger partial charge in [0.25, 0.3) is 0 Å². The predicted molar refractivity (Wildman–Crippen MR) is 56.6 cm³/mol. The molecule has 5 heteroatoms. The zero-order valence-corrected chi connectivity index (χ0v) is 9.20. The molecule has 86 valence electrons. The number of esters is 1. The summed E-state index contributed by atoms with van der Waals surface area (Å²) in [7, 11) is 1.31. The second-order valence-electron chi connectivity index (χ2n) is 3.37. The number of methoxy groups -OCH3 is 1. The lowest BCUT2D eigenvalue weighted by atomic mass is 10.1. The van der Waals surface area contributed by atoms with E-state index in [1.165, 1.54) is 7.11 Å². The Balaban J connectivity index is 2.93. The third-order valence-electron chi connectivity index (χ3n) is 2.49. The predicted octanol–water partition coefficient (Wildman–Crippen LogP) is 1.05. The van der Waals surface area contributed by atoms with Crippen LogP contribution in [0.4, 0.5) is 0 Å². The van der Waals surface area contributed by atoms with Gasteiger partial charge in [0, 0.05) is 6.42 Å². The number of aldehydes is 2. The van der Waals surface area contributed by atoms with Gasteiger partial charge in [-0.15, -0.1) is 0 Å². The molecule has 0 aliphatic heterocycles. The van der Waals surface area contributed by atoms with Gasteiger partial charge in [0.05, 0.1) is 18.5 Å². The average Bonchev–Trinajstić information content (AvgIpc) is 2.62. The molecule has 0 atom stereocenters. The molecule has 0 unspecified atom stereocenters. The van der Waals surface area contributed by atoms with Gasteiger partial charge < -0.3 is 9.72 Å². The molecular formula is C11H13NO4. The SMILES string of the molecule is COC(=O)CCc1c(C=O)[nH]c(C=O)c1C. The van der Waals surface area contributed by atoms with Crippen molar-refractivity contribution >= 4 is 18.5 Å². The van der Waals surface area contributed by atoms with Crippen LogP contribution in [0.25, 0.3) is 0 Å². The van der Waals surface area contributed by atoms with E-state index in [0.29, 0.717) is 41.5 Å². The van der Waals surface area contributed by atoms with Crippen molar-refractivity contribution in [1.29, 1.82) is 0 Å². The number of aromatic amines is 1. The Morgan fingerprint density at radius 3 is 2.44 bits per heavy atom. The highest BCUT2D eigenvalue weighted by atomic mass is 16.5. The molecule has 0 aromatic carbocycles. The third-order valence-corrected chi connectivity index (χ3v) is 2.49. The average molecular weight is 223 g/mol. The fourth-order valence-electron chi connectivity index (χ4n) is 1.55. The van der Waals surface area contributed by atoms with Crippen molar-refractivity contribution in [2.24, 2.45) is 0 Å². The first-order valence-corrected chi connectivity index (χ1v) is 4.82. The van der Waals surface area contributed by atoms with Gasteiger partial charge in [-0.1, -0.05) is 0 Å². The lowest BCUT2D eigenvalue weighted by Gasteiger charge is -2.00. The largest absolute Gasteiger partial charge is 0.469 e. The molecule has 1 aromatic heterocycles. The molecule has 0 radical (unpaired) electrons. The van der Waals surface area contributed by atoms with Crippen molar-refractivity contribution in [2.45, 2.75) is 19.8 Å². The van der Waals surface area contributed by atoms with Crippen LogP contribution in [0.1, 0.15) is 38.5 Å². The monoisotopic (exact) mass is 223 g/mol. The van der Waals surface area contributed by atoms with Gasteiger partial charge in [-0.2, -0.15) is 0 Å². The van der Waals surface area contributed by atoms with Crippen LogP contribution in [-0.2, 0) is 16.0 Å². The number of ether oxygens (including phenoxy) is 1. The van der Waals surface area contributed by atoms with Gasteiger partial charge in [0.15, 0.2) is 12.6 Å². The normalized spacial score (nSPS) is 9.88. The van der Waals surface area contributed by atoms with Crippen LogP contribution in [0.3, 0.4) is 0 Å². The van der Waals surface area contributed by atoms with Gasteiger partial charge in [0.1, 0.15) is 0 Å². The van der Waals surface area contributed by atoms with Crippen molar-refractivity contribution in [3.8, 4) is 0 Å². The Kier molecular flexibility index (Phi) is 3.99. The number of aromatic nitrogens is 1. The number of rotatable bonds is 5. The summed E-state index contributed by atoms with van der Waals surface area (Å²) in [5.74, 6) is -0.342. The van der Waals surface area contributed by atoms with Crippen molar-refractivity contribution < 1.29 is 19.1 Å². The molecule has 0 saturated heterocycles. The van der Waals surface area contributed by atoms with E-state index in [4.69, 9.17) is 0 Å². The molecular weight excluding hydrogens is 210 g/mol. The number of hydrogen-bond acceptors (Lipinski definition) is 4. The lowest BCUT2D eigenvalue weighted by molar-refractivity contribution is -0.140. The molecule has 1 rings (SSSR count). The van der Waals surface area contributed by atoms with E-state index < -0.39 is 0 Å². The summed E-state index contributed by atoms with van der Waals surface area (Å²) in [5.41, 5.74) is 2.13. The quantitative estimate of drug-likeness (QED) is 0.598. The van der Waals surface area contributed by atoms with Crippen LogP contribution >= 0.6 is 0 Å². The van der Waals surface area contributed by atoms with Crippen LogP contribution in [0.2, 0.25) is 0 Å². The summed E-state index contributed by atoms with van der Waals surface area (Å²) in [4.78, 5) is 35.1. The van der Waals surface area contributed by atoms with Gasteiger partial charge in [-0.05, 0) is 24.5 Å². The summed E-state index contributed by atoms with van der Waals surface area (Å²) in [6.45, 7) is 1.74. The lowest BCUT2D eigenvalue weighted by Crippen LogP contribution is -2.03. The molecule has 0 fully saturated rings. The number of carbonyl (C=O) groups excluding carboxylic acids is 3. The zero-order chi connectivity index (χ0) is 12.1. The number of nitrogens with one attached hydrogen (secondary N) is 1.